The lowest BCUT2D eigenvalue weighted by molar-refractivity contribution is -0.161. The molecule has 0 spiro atoms. The molecule has 19 heteroatoms. The van der Waals surface area contributed by atoms with Gasteiger partial charge in [0.2, 0.25) is 0 Å². The first-order valence-electron chi connectivity index (χ1n) is 40.8. The Balaban J connectivity index is 5.20. The number of rotatable bonds is 79. The summed E-state index contributed by atoms with van der Waals surface area (Å²) in [6, 6.07) is 0. The van der Waals surface area contributed by atoms with Gasteiger partial charge in [0.25, 0.3) is 0 Å². The molecule has 0 saturated heterocycles. The molecule has 0 aliphatic carbocycles. The van der Waals surface area contributed by atoms with Crippen LogP contribution in [0.1, 0.15) is 419 Å². The number of hydrogen-bond acceptors (Lipinski definition) is 15. The van der Waals surface area contributed by atoms with Crippen LogP contribution in [0.25, 0.3) is 0 Å². The van der Waals surface area contributed by atoms with Gasteiger partial charge in [-0.25, -0.2) is 9.13 Å². The van der Waals surface area contributed by atoms with E-state index in [4.69, 9.17) is 37.0 Å². The maximum absolute atomic E-state index is 13.1. The fraction of sp³-hybridized carbons (Fsp3) is 0.949. The normalized spacial score (nSPS) is 13.8. The lowest BCUT2D eigenvalue weighted by atomic mass is 10.0. The van der Waals surface area contributed by atoms with Crippen molar-refractivity contribution < 1.29 is 80.2 Å². The summed E-state index contributed by atoms with van der Waals surface area (Å²) in [7, 11) is -9.91. The fourth-order valence-corrected chi connectivity index (χ4v) is 13.7. The van der Waals surface area contributed by atoms with Crippen molar-refractivity contribution in [3.05, 3.63) is 0 Å². The first-order valence-corrected chi connectivity index (χ1v) is 43.8. The maximum atomic E-state index is 13.1. The molecule has 97 heavy (non-hydrogen) atoms. The van der Waals surface area contributed by atoms with Gasteiger partial charge in [-0.05, 0) is 25.7 Å². The minimum absolute atomic E-state index is 0.108. The van der Waals surface area contributed by atoms with E-state index >= 15 is 0 Å². The minimum atomic E-state index is -4.96. The molecule has 3 N–H and O–H groups in total. The quantitative estimate of drug-likeness (QED) is 0.0222. The average molecular weight is 1420 g/mol. The van der Waals surface area contributed by atoms with Gasteiger partial charge in [0.05, 0.1) is 26.4 Å². The van der Waals surface area contributed by atoms with Gasteiger partial charge in [0.1, 0.15) is 19.3 Å². The largest absolute Gasteiger partial charge is 0.472 e. The van der Waals surface area contributed by atoms with Crippen LogP contribution in [0.5, 0.6) is 0 Å². The highest BCUT2D eigenvalue weighted by molar-refractivity contribution is 7.47. The van der Waals surface area contributed by atoms with Crippen molar-refractivity contribution in [1.29, 1.82) is 0 Å². The molecule has 0 rings (SSSR count). The van der Waals surface area contributed by atoms with Crippen molar-refractivity contribution >= 4 is 39.5 Å². The molecule has 17 nitrogen and oxygen atoms in total. The van der Waals surface area contributed by atoms with Crippen LogP contribution in [0.15, 0.2) is 0 Å². The second-order valence-corrected chi connectivity index (χ2v) is 31.0. The molecule has 0 saturated carbocycles. The molecule has 0 fully saturated rings. The second-order valence-electron chi connectivity index (χ2n) is 28.1. The zero-order valence-corrected chi connectivity index (χ0v) is 64.8. The number of phosphoric ester groups is 2. The number of carbonyl (C=O) groups excluding carboxylic acids is 4. The van der Waals surface area contributed by atoms with E-state index < -0.39 is 97.5 Å². The molecule has 0 amide bonds. The van der Waals surface area contributed by atoms with E-state index in [2.05, 4.69) is 27.7 Å². The minimum Gasteiger partial charge on any atom is -0.462 e. The number of carbonyl (C=O) groups is 4. The number of unbranched alkanes of at least 4 members (excludes halogenated alkanes) is 53. The molecule has 0 aliphatic heterocycles. The number of ether oxygens (including phenoxy) is 4. The number of aliphatic hydroxyl groups excluding tert-OH is 1. The van der Waals surface area contributed by atoms with E-state index in [1.807, 2.05) is 0 Å². The zero-order chi connectivity index (χ0) is 71.1. The van der Waals surface area contributed by atoms with Crippen molar-refractivity contribution in [2.75, 3.05) is 39.6 Å². The monoisotopic (exact) mass is 1420 g/mol. The molecule has 576 valence electrons. The summed E-state index contributed by atoms with van der Waals surface area (Å²) in [5.74, 6) is -2.11. The van der Waals surface area contributed by atoms with Crippen LogP contribution in [0, 0.1) is 0 Å². The van der Waals surface area contributed by atoms with Crippen LogP contribution in [0.3, 0.4) is 0 Å². The van der Waals surface area contributed by atoms with Crippen LogP contribution >= 0.6 is 15.6 Å². The summed E-state index contributed by atoms with van der Waals surface area (Å²) in [5.41, 5.74) is 0. The molecular formula is C78H152O17P2. The van der Waals surface area contributed by atoms with Gasteiger partial charge in [-0.3, -0.25) is 37.3 Å². The van der Waals surface area contributed by atoms with E-state index in [0.29, 0.717) is 25.7 Å². The Labute approximate surface area is 594 Å². The predicted molar refractivity (Wildman–Crippen MR) is 395 cm³/mol. The van der Waals surface area contributed by atoms with Gasteiger partial charge in [-0.15, -0.1) is 0 Å². The summed E-state index contributed by atoms with van der Waals surface area (Å²) in [4.78, 5) is 72.8. The van der Waals surface area contributed by atoms with Crippen LogP contribution in [0.2, 0.25) is 0 Å². The van der Waals surface area contributed by atoms with E-state index in [9.17, 15) is 43.2 Å². The third-order valence-corrected chi connectivity index (χ3v) is 20.3. The topological polar surface area (TPSA) is 237 Å². The first-order chi connectivity index (χ1) is 47.2. The van der Waals surface area contributed by atoms with Crippen LogP contribution < -0.4 is 0 Å². The SMILES string of the molecule is CCCCCCCCCCCCCCCCCCCCC(=O)O[C@H](COC(=O)CCCCCCCCCCCCCCCCCCC)COP(=O)(O)OC[C@@H](O)COP(=O)(O)OC[C@@H](COC(=O)CCCCCCCCCC)OC(=O)CCCCCCCCCCCCCCCC. The molecular weight excluding hydrogens is 1270 g/mol. The van der Waals surface area contributed by atoms with Gasteiger partial charge in [-0.2, -0.15) is 0 Å². The molecule has 0 bridgehead atoms. The Morgan fingerprint density at radius 3 is 0.608 bits per heavy atom. The summed E-state index contributed by atoms with van der Waals surface area (Å²) < 4.78 is 68.6. The van der Waals surface area contributed by atoms with Gasteiger partial charge < -0.3 is 33.8 Å². The average Bonchev–Trinajstić information content (AvgIpc) is 1.00. The highest BCUT2D eigenvalue weighted by atomic mass is 31.2. The summed E-state index contributed by atoms with van der Waals surface area (Å²) >= 11 is 0. The molecule has 0 aromatic carbocycles. The number of esters is 4. The summed E-state index contributed by atoms with van der Waals surface area (Å²) in [6.07, 6.45) is 63.8. The van der Waals surface area contributed by atoms with Crippen LogP contribution in [-0.2, 0) is 65.4 Å². The number of aliphatic hydroxyl groups is 1. The third-order valence-electron chi connectivity index (χ3n) is 18.4. The van der Waals surface area contributed by atoms with Gasteiger partial charge in [0.15, 0.2) is 12.2 Å². The molecule has 0 aliphatic rings. The Kier molecular flexibility index (Phi) is 71.0. The highest BCUT2D eigenvalue weighted by Crippen LogP contribution is 2.45. The standard InChI is InChI=1S/C78H152O17P2/c1-5-9-13-17-21-25-28-31-34-36-38-40-43-46-49-53-57-61-65-78(83)95-74(69-89-76(81)63-59-55-51-47-44-42-39-37-35-32-29-26-22-18-14-10-6-2)71-93-97(86,87)91-67-72(79)66-90-96(84,85)92-70-73(68-88-75(80)62-58-54-50-24-20-16-12-8-4)94-77(82)64-60-56-52-48-45-41-33-30-27-23-19-15-11-7-3/h72-74,79H,5-71H2,1-4H3,(H,84,85)(H,86,87)/t72-,73+,74+/m0/s1. The lowest BCUT2D eigenvalue weighted by Crippen LogP contribution is -2.30. The smallest absolute Gasteiger partial charge is 0.462 e. The summed E-state index contributed by atoms with van der Waals surface area (Å²) in [5, 5.41) is 10.6. The number of phosphoric acid groups is 2. The van der Waals surface area contributed by atoms with E-state index in [-0.39, 0.29) is 25.7 Å². The van der Waals surface area contributed by atoms with Crippen LogP contribution in [-0.4, -0.2) is 96.7 Å². The van der Waals surface area contributed by atoms with Gasteiger partial charge >= 0.3 is 39.5 Å². The molecule has 0 radical (unpaired) electrons. The van der Waals surface area contributed by atoms with Crippen LogP contribution in [0.4, 0.5) is 0 Å². The van der Waals surface area contributed by atoms with Crippen molar-refractivity contribution in [2.24, 2.45) is 0 Å². The Morgan fingerprint density at radius 1 is 0.247 bits per heavy atom. The van der Waals surface area contributed by atoms with Crippen molar-refractivity contribution in [2.45, 2.75) is 438 Å². The lowest BCUT2D eigenvalue weighted by Gasteiger charge is -2.21. The Hall–Kier alpha value is -1.94. The van der Waals surface area contributed by atoms with E-state index in [0.717, 1.165) is 89.9 Å². The van der Waals surface area contributed by atoms with Gasteiger partial charge in [-0.1, -0.05) is 368 Å². The zero-order valence-electron chi connectivity index (χ0n) is 63.1. The fourth-order valence-electron chi connectivity index (χ4n) is 12.1. The first kappa shape index (κ1) is 95.1. The highest BCUT2D eigenvalue weighted by Gasteiger charge is 2.30. The second kappa shape index (κ2) is 72.4. The van der Waals surface area contributed by atoms with Crippen molar-refractivity contribution in [1.82, 2.24) is 0 Å². The van der Waals surface area contributed by atoms with E-state index in [1.54, 1.807) is 0 Å². The number of hydrogen-bond donors (Lipinski definition) is 3. The third kappa shape index (κ3) is 72.2. The molecule has 0 heterocycles. The molecule has 0 aromatic rings. The predicted octanol–water partition coefficient (Wildman–Crippen LogP) is 23.4. The van der Waals surface area contributed by atoms with E-state index in [1.165, 1.54) is 250 Å². The Bertz CT molecular complexity index is 1840. The van der Waals surface area contributed by atoms with Gasteiger partial charge in [0, 0.05) is 25.7 Å². The molecule has 2 unspecified atom stereocenters. The molecule has 0 aromatic heterocycles. The summed E-state index contributed by atoms with van der Waals surface area (Å²) in [6.45, 7) is 4.99. The molecule has 5 atom stereocenters. The van der Waals surface area contributed by atoms with Crippen molar-refractivity contribution in [3.63, 3.8) is 0 Å². The maximum Gasteiger partial charge on any atom is 0.472 e. The van der Waals surface area contributed by atoms with Crippen molar-refractivity contribution in [3.8, 4) is 0 Å². The Morgan fingerprint density at radius 2 is 0.412 bits per heavy atom.